The summed E-state index contributed by atoms with van der Waals surface area (Å²) in [6.07, 6.45) is 0. The Balaban J connectivity index is 1.73. The summed E-state index contributed by atoms with van der Waals surface area (Å²) in [7, 11) is 0. The first-order valence-electron chi connectivity index (χ1n) is 7.28. The number of hydrogen-bond donors (Lipinski definition) is 2. The zero-order valence-corrected chi connectivity index (χ0v) is 14.6. The maximum Gasteiger partial charge on any atom is 0.302 e. The van der Waals surface area contributed by atoms with E-state index in [4.69, 9.17) is 27.9 Å². The van der Waals surface area contributed by atoms with Crippen molar-refractivity contribution in [2.45, 2.75) is 6.92 Å². The minimum Gasteiger partial charge on any atom is -0.493 e. The number of para-hydroxylation sites is 1. The molecule has 6 nitrogen and oxygen atoms in total. The van der Waals surface area contributed by atoms with Gasteiger partial charge in [-0.05, 0) is 30.7 Å². The van der Waals surface area contributed by atoms with Crippen LogP contribution in [0.4, 0.5) is 5.69 Å². The van der Waals surface area contributed by atoms with Gasteiger partial charge in [0.1, 0.15) is 5.75 Å². The molecule has 0 aliphatic heterocycles. The lowest BCUT2D eigenvalue weighted by Crippen LogP contribution is -2.08. The zero-order valence-electron chi connectivity index (χ0n) is 13.1. The lowest BCUT2D eigenvalue weighted by atomic mass is 10.1. The SMILES string of the molecule is Cc1cccc2c(N=NC(=O)COc3ccc(Cl)cc3Cl)c(O)[nH]c12. The van der Waals surface area contributed by atoms with Gasteiger partial charge in [0, 0.05) is 10.4 Å². The summed E-state index contributed by atoms with van der Waals surface area (Å²) >= 11 is 11.8. The number of benzene rings is 2. The maximum absolute atomic E-state index is 11.9. The van der Waals surface area contributed by atoms with Crippen LogP contribution in [0.5, 0.6) is 11.6 Å². The number of nitrogens with zero attached hydrogens (tertiary/aromatic N) is 2. The molecule has 3 aromatic rings. The molecule has 128 valence electrons. The molecule has 0 spiro atoms. The van der Waals surface area contributed by atoms with Crippen molar-refractivity contribution >= 4 is 45.7 Å². The average Bonchev–Trinajstić information content (AvgIpc) is 2.89. The number of carbonyl (C=O) groups is 1. The zero-order chi connectivity index (χ0) is 18.0. The number of aromatic hydroxyl groups is 1. The van der Waals surface area contributed by atoms with Crippen LogP contribution in [0.25, 0.3) is 10.9 Å². The summed E-state index contributed by atoms with van der Waals surface area (Å²) in [5, 5.41) is 18.8. The molecule has 0 fully saturated rings. The lowest BCUT2D eigenvalue weighted by Gasteiger charge is -2.05. The molecule has 1 aromatic heterocycles. The van der Waals surface area contributed by atoms with E-state index < -0.39 is 5.91 Å². The van der Waals surface area contributed by atoms with Crippen LogP contribution in [-0.4, -0.2) is 22.6 Å². The summed E-state index contributed by atoms with van der Waals surface area (Å²) < 4.78 is 5.30. The number of halogens is 2. The van der Waals surface area contributed by atoms with Gasteiger partial charge < -0.3 is 14.8 Å². The standard InChI is InChI=1S/C17H13Cl2N3O3/c1-9-3-2-4-11-15(9)20-17(24)16(11)22-21-14(23)8-25-13-6-5-10(18)7-12(13)19/h2-7,20,24H,8H2,1H3. The summed E-state index contributed by atoms with van der Waals surface area (Å²) in [4.78, 5) is 14.7. The summed E-state index contributed by atoms with van der Waals surface area (Å²) in [6.45, 7) is 1.56. The van der Waals surface area contributed by atoms with Crippen LogP contribution in [-0.2, 0) is 4.79 Å². The fourth-order valence-electron chi connectivity index (χ4n) is 2.30. The van der Waals surface area contributed by atoms with Crippen LogP contribution >= 0.6 is 23.2 Å². The third-order valence-electron chi connectivity index (χ3n) is 3.50. The summed E-state index contributed by atoms with van der Waals surface area (Å²) in [5.74, 6) is -0.449. The number of carbonyl (C=O) groups excluding carboxylic acids is 1. The molecular weight excluding hydrogens is 365 g/mol. The van der Waals surface area contributed by atoms with Crippen molar-refractivity contribution in [2.75, 3.05) is 6.61 Å². The van der Waals surface area contributed by atoms with Gasteiger partial charge in [0.15, 0.2) is 12.3 Å². The van der Waals surface area contributed by atoms with Crippen LogP contribution in [0.1, 0.15) is 5.56 Å². The molecule has 0 atom stereocenters. The first-order valence-corrected chi connectivity index (χ1v) is 8.04. The van der Waals surface area contributed by atoms with Crippen molar-refractivity contribution in [3.8, 4) is 11.6 Å². The van der Waals surface area contributed by atoms with Gasteiger partial charge in [0.05, 0.1) is 10.5 Å². The molecule has 2 aromatic carbocycles. The molecule has 1 heterocycles. The van der Waals surface area contributed by atoms with Crippen LogP contribution in [0.2, 0.25) is 10.0 Å². The number of nitrogens with one attached hydrogen (secondary N) is 1. The number of hydrogen-bond acceptors (Lipinski definition) is 4. The first-order chi connectivity index (χ1) is 12.0. The Kier molecular flexibility index (Phi) is 4.92. The van der Waals surface area contributed by atoms with Gasteiger partial charge in [-0.1, -0.05) is 41.4 Å². The Morgan fingerprint density at radius 2 is 2.08 bits per heavy atom. The third-order valence-corrected chi connectivity index (χ3v) is 4.03. The second-order valence-corrected chi connectivity index (χ2v) is 6.12. The molecule has 0 saturated heterocycles. The molecule has 0 unspecified atom stereocenters. The molecule has 0 bridgehead atoms. The minimum atomic E-state index is -0.618. The highest BCUT2D eigenvalue weighted by atomic mass is 35.5. The molecule has 1 amide bonds. The van der Waals surface area contributed by atoms with Crippen LogP contribution < -0.4 is 4.74 Å². The average molecular weight is 378 g/mol. The van der Waals surface area contributed by atoms with Gasteiger partial charge in [-0.15, -0.1) is 10.2 Å². The van der Waals surface area contributed by atoms with E-state index in [2.05, 4.69) is 15.2 Å². The number of azo groups is 1. The molecular formula is C17H13Cl2N3O3. The number of rotatable bonds is 4. The maximum atomic E-state index is 11.9. The molecule has 0 aliphatic rings. The van der Waals surface area contributed by atoms with E-state index in [1.165, 1.54) is 6.07 Å². The van der Waals surface area contributed by atoms with E-state index in [-0.39, 0.29) is 18.2 Å². The van der Waals surface area contributed by atoms with E-state index in [9.17, 15) is 9.90 Å². The predicted molar refractivity (Wildman–Crippen MR) is 96.2 cm³/mol. The summed E-state index contributed by atoms with van der Waals surface area (Å²) in [5.41, 5.74) is 1.89. The predicted octanol–water partition coefficient (Wildman–Crippen LogP) is 5.18. The molecule has 0 aliphatic carbocycles. The molecule has 0 radical (unpaired) electrons. The van der Waals surface area contributed by atoms with Crippen LogP contribution in [0.15, 0.2) is 46.6 Å². The number of fused-ring (bicyclic) bond motifs is 1. The monoisotopic (exact) mass is 377 g/mol. The number of aromatic amines is 1. The lowest BCUT2D eigenvalue weighted by molar-refractivity contribution is -0.120. The Bertz CT molecular complexity index is 983. The summed E-state index contributed by atoms with van der Waals surface area (Å²) in [6, 6.07) is 10.2. The Morgan fingerprint density at radius 1 is 1.28 bits per heavy atom. The third kappa shape index (κ3) is 3.75. The minimum absolute atomic E-state index is 0.150. The molecule has 25 heavy (non-hydrogen) atoms. The van der Waals surface area contributed by atoms with Crippen molar-refractivity contribution < 1.29 is 14.6 Å². The Labute approximate surface area is 153 Å². The van der Waals surface area contributed by atoms with E-state index in [1.807, 2.05) is 19.1 Å². The van der Waals surface area contributed by atoms with Gasteiger partial charge in [0.25, 0.3) is 0 Å². The van der Waals surface area contributed by atoms with E-state index in [0.29, 0.717) is 21.2 Å². The first kappa shape index (κ1) is 17.3. The molecule has 8 heteroatoms. The fraction of sp³-hybridized carbons (Fsp3) is 0.118. The topological polar surface area (TPSA) is 87.0 Å². The van der Waals surface area contributed by atoms with E-state index in [1.54, 1.807) is 18.2 Å². The molecule has 2 N–H and O–H groups in total. The van der Waals surface area contributed by atoms with Gasteiger partial charge in [0.2, 0.25) is 5.88 Å². The fourth-order valence-corrected chi connectivity index (χ4v) is 2.77. The van der Waals surface area contributed by atoms with Crippen molar-refractivity contribution in [3.63, 3.8) is 0 Å². The molecule has 0 saturated carbocycles. The Morgan fingerprint density at radius 3 is 2.84 bits per heavy atom. The van der Waals surface area contributed by atoms with Gasteiger partial charge >= 0.3 is 5.91 Å². The smallest absolute Gasteiger partial charge is 0.302 e. The number of amides is 1. The number of aryl methyl sites for hydroxylation is 1. The van der Waals surface area contributed by atoms with Crippen LogP contribution in [0, 0.1) is 6.92 Å². The number of ether oxygens (including phenoxy) is 1. The second-order valence-electron chi connectivity index (χ2n) is 5.28. The Hall–Kier alpha value is -2.57. The van der Waals surface area contributed by atoms with Gasteiger partial charge in [-0.25, -0.2) is 0 Å². The van der Waals surface area contributed by atoms with Crippen LogP contribution in [0.3, 0.4) is 0 Å². The number of H-pyrrole nitrogens is 1. The van der Waals surface area contributed by atoms with Gasteiger partial charge in [-0.3, -0.25) is 4.79 Å². The number of aromatic nitrogens is 1. The van der Waals surface area contributed by atoms with Gasteiger partial charge in [-0.2, -0.15) is 0 Å². The normalized spacial score (nSPS) is 11.3. The van der Waals surface area contributed by atoms with Crippen molar-refractivity contribution in [1.29, 1.82) is 0 Å². The highest BCUT2D eigenvalue weighted by molar-refractivity contribution is 6.35. The van der Waals surface area contributed by atoms with Crippen molar-refractivity contribution in [2.24, 2.45) is 10.2 Å². The quantitative estimate of drug-likeness (QED) is 0.614. The van der Waals surface area contributed by atoms with E-state index >= 15 is 0 Å². The van der Waals surface area contributed by atoms with Crippen molar-refractivity contribution in [1.82, 2.24) is 4.98 Å². The highest BCUT2D eigenvalue weighted by Crippen LogP contribution is 2.36. The van der Waals surface area contributed by atoms with Crippen molar-refractivity contribution in [3.05, 3.63) is 52.0 Å². The highest BCUT2D eigenvalue weighted by Gasteiger charge is 2.12. The molecule has 3 rings (SSSR count). The largest absolute Gasteiger partial charge is 0.493 e. The second kappa shape index (κ2) is 7.13. The van der Waals surface area contributed by atoms with E-state index in [0.717, 1.165) is 11.1 Å².